The van der Waals surface area contributed by atoms with Gasteiger partial charge >= 0.3 is 0 Å². The van der Waals surface area contributed by atoms with E-state index in [2.05, 4.69) is 259 Å². The topological polar surface area (TPSA) is 154 Å². The van der Waals surface area contributed by atoms with Crippen molar-refractivity contribution < 1.29 is 28.1 Å². The number of halogens is 1. The van der Waals surface area contributed by atoms with E-state index in [-0.39, 0.29) is 65.8 Å². The summed E-state index contributed by atoms with van der Waals surface area (Å²) in [5.74, 6) is 3.18. The average molecular weight is 1610 g/mol. The lowest BCUT2D eigenvalue weighted by Gasteiger charge is -2.44. The zero-order valence-corrected chi connectivity index (χ0v) is 70.3. The predicted molar refractivity (Wildman–Crippen MR) is 469 cm³/mol. The van der Waals surface area contributed by atoms with Crippen LogP contribution >= 0.6 is 46.2 Å². The molecule has 5 fully saturated rings. The molecule has 10 aliphatic rings. The van der Waals surface area contributed by atoms with Crippen molar-refractivity contribution >= 4 is 74.6 Å². The Kier molecular flexibility index (Phi) is 25.6. The van der Waals surface area contributed by atoms with Gasteiger partial charge in [0.15, 0.2) is 0 Å². The number of nitrogens with zero attached hydrogens (tertiary/aromatic N) is 2. The minimum absolute atomic E-state index is 0.0388. The fourth-order valence-corrected chi connectivity index (χ4v) is 21.6. The third kappa shape index (κ3) is 17.8. The van der Waals surface area contributed by atoms with Crippen LogP contribution in [0.2, 0.25) is 0 Å². The Labute approximate surface area is 696 Å². The van der Waals surface area contributed by atoms with Crippen LogP contribution in [0.1, 0.15) is 258 Å². The van der Waals surface area contributed by atoms with E-state index in [0.717, 1.165) is 104 Å². The summed E-state index contributed by atoms with van der Waals surface area (Å²) in [6.45, 7) is 19.9. The second kappa shape index (κ2) is 36.6. The highest BCUT2D eigenvalue weighted by atomic mass is 32.2. The standard InChI is InChI=1S/C22H26FNO.2C19H18N2OS.2C19H23NOS/c1-22(2,3)14-10-11-19-17(13-14)21-16(8-6-12-25-21)20(24-19)15-7-4-5-9-18(15)23;2*20-12-23-14-8-9-17-16(11-14)19-15(7-4-10-22-19)18(21-17)13-5-2-1-3-6-13;2*1-12(2)13-5-6-17-16(10-13)19-15(4-3-8-21-19)18(20-17)14-7-9-22-11-14/h4-5,7,9-11,13,16,20-21,24H,6,8,12H2,1-3H3;2*1-3,5-6,8-9,11,15,18-19,21H,4,7,10H2;2*5-7,9-12,15,18-20H,3-4,8H2,1-2H3/t;15-,18-,19-;;15-,18-,19-;/m.0.1./s1. The molecule has 20 rings (SSSR count). The highest BCUT2D eigenvalue weighted by Gasteiger charge is 2.46. The number of hydrogen-bond donors (Lipinski definition) is 5. The number of hydrogen-bond acceptors (Lipinski definition) is 16. The van der Waals surface area contributed by atoms with E-state index in [9.17, 15) is 4.39 Å². The van der Waals surface area contributed by atoms with Gasteiger partial charge in [0.25, 0.3) is 0 Å². The molecule has 10 aromatic rings. The van der Waals surface area contributed by atoms with Crippen molar-refractivity contribution in [2.24, 2.45) is 29.6 Å². The molecule has 0 radical (unpaired) electrons. The highest BCUT2D eigenvalue weighted by molar-refractivity contribution is 8.04. The van der Waals surface area contributed by atoms with Crippen LogP contribution in [-0.4, -0.2) is 33.0 Å². The first-order valence-corrected chi connectivity index (χ1v) is 45.3. The molecule has 115 heavy (non-hydrogen) atoms. The minimum atomic E-state index is -0.140. The number of fused-ring (bicyclic) bond motifs is 15. The number of anilines is 5. The van der Waals surface area contributed by atoms with Crippen LogP contribution in [0.25, 0.3) is 0 Å². The Balaban J connectivity index is 0.000000108. The number of benzene rings is 8. The summed E-state index contributed by atoms with van der Waals surface area (Å²) in [6.07, 6.45) is 12.2. The van der Waals surface area contributed by atoms with Gasteiger partial charge in [0.2, 0.25) is 0 Å². The fourth-order valence-electron chi connectivity index (χ4n) is 19.3. The molecular weight excluding hydrogens is 1500 g/mol. The molecule has 0 bridgehead atoms. The molecule has 0 aliphatic carbocycles. The molecule has 5 saturated heterocycles. The van der Waals surface area contributed by atoms with Crippen molar-refractivity contribution in [3.8, 4) is 10.8 Å². The predicted octanol–water partition coefficient (Wildman–Crippen LogP) is 26.6. The lowest BCUT2D eigenvalue weighted by atomic mass is 9.75. The molecule has 596 valence electrons. The van der Waals surface area contributed by atoms with Crippen LogP contribution in [0.15, 0.2) is 219 Å². The molecule has 0 saturated carbocycles. The number of ether oxygens (including phenoxy) is 5. The van der Waals surface area contributed by atoms with Crippen LogP contribution in [-0.2, 0) is 29.1 Å². The second-order valence-electron chi connectivity index (χ2n) is 34.0. The molecule has 9 unspecified atom stereocenters. The average Bonchev–Trinajstić information content (AvgIpc) is 0.884. The lowest BCUT2D eigenvalue weighted by molar-refractivity contribution is -0.0385. The number of rotatable bonds is 9. The maximum absolute atomic E-state index is 14.4. The maximum atomic E-state index is 14.4. The van der Waals surface area contributed by atoms with Gasteiger partial charge in [0.05, 0.1) is 60.7 Å². The summed E-state index contributed by atoms with van der Waals surface area (Å²) < 4.78 is 45.4. The van der Waals surface area contributed by atoms with Crippen molar-refractivity contribution in [3.05, 3.63) is 288 Å². The Bertz CT molecular complexity index is 4760. The largest absolute Gasteiger partial charge is 0.378 e. The third-order valence-corrected chi connectivity index (χ3v) is 27.8. The Morgan fingerprint density at radius 3 is 1.06 bits per heavy atom. The summed E-state index contributed by atoms with van der Waals surface area (Å²) in [5, 5.41) is 49.6. The molecule has 8 aromatic carbocycles. The Morgan fingerprint density at radius 2 is 0.704 bits per heavy atom. The van der Waals surface area contributed by atoms with E-state index in [1.807, 2.05) is 24.3 Å². The normalized spacial score (nSPS) is 26.2. The molecule has 10 aliphatic heterocycles. The molecule has 17 heteroatoms. The molecule has 2 aromatic heterocycles. The zero-order chi connectivity index (χ0) is 79.1. The highest BCUT2D eigenvalue weighted by Crippen LogP contribution is 2.56. The summed E-state index contributed by atoms with van der Waals surface area (Å²) in [4.78, 5) is 1.97. The summed E-state index contributed by atoms with van der Waals surface area (Å²) in [7, 11) is 0. The number of thioether (sulfide) groups is 2. The van der Waals surface area contributed by atoms with E-state index < -0.39 is 0 Å². The van der Waals surface area contributed by atoms with Gasteiger partial charge in [0.1, 0.15) is 16.6 Å². The van der Waals surface area contributed by atoms with Gasteiger partial charge in [0, 0.05) is 134 Å². The molecular formula is C98H108FN7O5S4. The van der Waals surface area contributed by atoms with E-state index >= 15 is 0 Å². The fraction of sp³-hybridized carbons (Fsp3) is 0.408. The van der Waals surface area contributed by atoms with Crippen molar-refractivity contribution in [2.45, 2.75) is 200 Å². The smallest absolute Gasteiger partial charge is 0.138 e. The van der Waals surface area contributed by atoms with Crippen molar-refractivity contribution in [2.75, 3.05) is 59.6 Å². The Morgan fingerprint density at radius 1 is 0.374 bits per heavy atom. The van der Waals surface area contributed by atoms with Gasteiger partial charge in [-0.05, 0) is 238 Å². The molecule has 5 N–H and O–H groups in total. The molecule has 12 heterocycles. The quantitative estimate of drug-likeness (QED) is 0.0688. The van der Waals surface area contributed by atoms with E-state index in [0.29, 0.717) is 47.6 Å². The first-order valence-electron chi connectivity index (χ1n) is 41.8. The molecule has 15 atom stereocenters. The van der Waals surface area contributed by atoms with E-state index in [1.165, 1.54) is 127 Å². The second-order valence-corrected chi connectivity index (χ2v) is 37.3. The van der Waals surface area contributed by atoms with Gasteiger partial charge in [-0.2, -0.15) is 33.2 Å². The lowest BCUT2D eigenvalue weighted by Crippen LogP contribution is -2.36. The maximum Gasteiger partial charge on any atom is 0.138 e. The zero-order valence-electron chi connectivity index (χ0n) is 67.1. The van der Waals surface area contributed by atoms with E-state index in [1.54, 1.807) is 34.8 Å². The SMILES string of the molecule is CC(C)(C)c1ccc2c(c1)C1OCCCC1C(c1ccccc1F)N2.CC(C)c1ccc2c(c1)C1OCCCC1C(c1ccsc1)N2.CC(C)c1ccc2c(c1)[C@@H]1OCCC[C@@H]1[C@@H](c1ccsc1)N2.N#CSc1ccc2c(c1)C1OCCCC1C(c1ccccc1)N2.N#CSc1ccc2c(c1)[C@H]1OCCC[C@H]1[C@H](c1ccccc1)N2. The summed E-state index contributed by atoms with van der Waals surface area (Å²) in [5.41, 5.74) is 22.6. The summed E-state index contributed by atoms with van der Waals surface area (Å²) >= 11 is 5.97. The first kappa shape index (κ1) is 80.4. The van der Waals surface area contributed by atoms with Gasteiger partial charge in [-0.15, -0.1) is 0 Å². The molecule has 12 nitrogen and oxygen atoms in total. The van der Waals surface area contributed by atoms with Crippen LogP contribution < -0.4 is 26.6 Å². The van der Waals surface area contributed by atoms with Gasteiger partial charge < -0.3 is 50.3 Å². The van der Waals surface area contributed by atoms with E-state index in [4.69, 9.17) is 34.2 Å². The van der Waals surface area contributed by atoms with Gasteiger partial charge in [-0.25, -0.2) is 4.39 Å². The number of thiocyanates is 2. The van der Waals surface area contributed by atoms with Gasteiger partial charge in [-0.3, -0.25) is 0 Å². The van der Waals surface area contributed by atoms with Crippen molar-refractivity contribution in [1.82, 2.24) is 0 Å². The Hall–Kier alpha value is -8.43. The van der Waals surface area contributed by atoms with Crippen LogP contribution in [0.5, 0.6) is 0 Å². The molecule has 0 amide bonds. The van der Waals surface area contributed by atoms with Crippen LogP contribution in [0.4, 0.5) is 32.8 Å². The number of nitriles is 2. The number of thiophene rings is 2. The summed E-state index contributed by atoms with van der Waals surface area (Å²) in [6, 6.07) is 66.9. The minimum Gasteiger partial charge on any atom is -0.378 e. The van der Waals surface area contributed by atoms with Crippen LogP contribution in [0.3, 0.4) is 0 Å². The molecule has 0 spiro atoms. The van der Waals surface area contributed by atoms with Crippen LogP contribution in [0, 0.1) is 56.7 Å². The number of nitrogens with one attached hydrogen (secondary N) is 5. The monoisotopic (exact) mass is 1610 g/mol. The van der Waals surface area contributed by atoms with Crippen molar-refractivity contribution in [3.63, 3.8) is 0 Å². The first-order chi connectivity index (χ1) is 56.2. The third-order valence-electron chi connectivity index (χ3n) is 25.2. The van der Waals surface area contributed by atoms with Gasteiger partial charge in [-0.1, -0.05) is 164 Å². The van der Waals surface area contributed by atoms with Crippen molar-refractivity contribution in [1.29, 1.82) is 10.5 Å².